The average molecular weight is 367 g/mol. The minimum atomic E-state index is -4.71. The van der Waals surface area contributed by atoms with Crippen molar-refractivity contribution in [1.29, 1.82) is 0 Å². The molecule has 0 unspecified atom stereocenters. The van der Waals surface area contributed by atoms with Gasteiger partial charge in [0.1, 0.15) is 5.82 Å². The van der Waals surface area contributed by atoms with Crippen LogP contribution in [0.25, 0.3) is 0 Å². The van der Waals surface area contributed by atoms with E-state index in [1.807, 2.05) is 4.72 Å². The lowest BCUT2D eigenvalue weighted by Crippen LogP contribution is -2.19. The highest BCUT2D eigenvalue weighted by molar-refractivity contribution is 7.89. The average Bonchev–Trinajstić information content (AvgIpc) is 2.46. The van der Waals surface area contributed by atoms with Crippen molar-refractivity contribution in [3.63, 3.8) is 0 Å². The number of rotatable bonds is 4. The summed E-state index contributed by atoms with van der Waals surface area (Å²) in [5.74, 6) is 0.122. The molecule has 0 amide bonds. The Hall–Kier alpha value is -1.91. The lowest BCUT2D eigenvalue weighted by atomic mass is 10.2. The number of hydrogen-bond acceptors (Lipinski definition) is 5. The van der Waals surface area contributed by atoms with Gasteiger partial charge in [-0.3, -0.25) is 0 Å². The monoisotopic (exact) mass is 366 g/mol. The van der Waals surface area contributed by atoms with Gasteiger partial charge in [-0.25, -0.2) is 23.1 Å². The Morgan fingerprint density at radius 3 is 2.48 bits per heavy atom. The maximum atomic E-state index is 13.0. The van der Waals surface area contributed by atoms with Crippen LogP contribution in [0, 0.1) is 0 Å². The number of nitrogens with zero attached hydrogens (tertiary/aromatic N) is 2. The molecule has 0 saturated carbocycles. The summed E-state index contributed by atoms with van der Waals surface area (Å²) in [4.78, 5) is 6.88. The van der Waals surface area contributed by atoms with E-state index in [-0.39, 0.29) is 16.8 Å². The zero-order valence-corrected chi connectivity index (χ0v) is 13.1. The number of hydrogen-bond donors (Lipinski definition) is 2. The molecule has 124 valence electrons. The van der Waals surface area contributed by atoms with Crippen molar-refractivity contribution in [1.82, 2.24) is 14.7 Å². The van der Waals surface area contributed by atoms with Gasteiger partial charge in [0.15, 0.2) is 0 Å². The van der Waals surface area contributed by atoms with Crippen LogP contribution in [0.3, 0.4) is 0 Å². The molecule has 1 aromatic heterocycles. The summed E-state index contributed by atoms with van der Waals surface area (Å²) in [6.45, 7) is 0. The molecule has 0 aliphatic carbocycles. The largest absolute Gasteiger partial charge is 0.416 e. The first-order chi connectivity index (χ1) is 10.6. The van der Waals surface area contributed by atoms with Crippen LogP contribution in [0.15, 0.2) is 35.4 Å². The van der Waals surface area contributed by atoms with E-state index < -0.39 is 26.7 Å². The lowest BCUT2D eigenvalue weighted by Gasteiger charge is -2.13. The fourth-order valence-electron chi connectivity index (χ4n) is 1.66. The first kappa shape index (κ1) is 17.4. The van der Waals surface area contributed by atoms with Crippen molar-refractivity contribution in [2.75, 3.05) is 12.4 Å². The number of benzene rings is 1. The van der Waals surface area contributed by atoms with Crippen LogP contribution in [0.2, 0.25) is 5.28 Å². The molecule has 0 aliphatic rings. The van der Waals surface area contributed by atoms with Crippen molar-refractivity contribution in [2.24, 2.45) is 0 Å². The number of sulfonamides is 1. The lowest BCUT2D eigenvalue weighted by molar-refractivity contribution is -0.137. The molecule has 23 heavy (non-hydrogen) atoms. The molecule has 1 heterocycles. The van der Waals surface area contributed by atoms with E-state index in [0.29, 0.717) is 6.07 Å². The maximum absolute atomic E-state index is 13.0. The third-order valence-electron chi connectivity index (χ3n) is 2.71. The summed E-state index contributed by atoms with van der Waals surface area (Å²) in [5.41, 5.74) is -1.22. The van der Waals surface area contributed by atoms with Gasteiger partial charge in [0.25, 0.3) is 0 Å². The number of nitrogens with one attached hydrogen (secondary N) is 2. The third-order valence-corrected chi connectivity index (χ3v) is 4.29. The van der Waals surface area contributed by atoms with Gasteiger partial charge in [-0.05, 0) is 42.9 Å². The topological polar surface area (TPSA) is 84.0 Å². The van der Waals surface area contributed by atoms with Crippen LogP contribution < -0.4 is 10.0 Å². The molecule has 0 bridgehead atoms. The third kappa shape index (κ3) is 4.30. The molecular formula is C12H10ClF3N4O2S. The zero-order chi connectivity index (χ0) is 17.3. The van der Waals surface area contributed by atoms with Gasteiger partial charge < -0.3 is 5.32 Å². The highest BCUT2D eigenvalue weighted by atomic mass is 35.5. The van der Waals surface area contributed by atoms with E-state index in [1.54, 1.807) is 0 Å². The molecule has 1 aromatic carbocycles. The van der Waals surface area contributed by atoms with Crippen molar-refractivity contribution in [3.8, 4) is 0 Å². The molecule has 0 radical (unpaired) electrons. The fraction of sp³-hybridized carbons (Fsp3) is 0.167. The Balaban J connectivity index is 2.52. The Bertz CT molecular complexity index is 827. The van der Waals surface area contributed by atoms with Gasteiger partial charge in [0.2, 0.25) is 15.3 Å². The quantitative estimate of drug-likeness (QED) is 0.813. The number of aromatic nitrogens is 2. The Kier molecular flexibility index (Phi) is 4.78. The van der Waals surface area contributed by atoms with Crippen molar-refractivity contribution < 1.29 is 21.6 Å². The van der Waals surface area contributed by atoms with Gasteiger partial charge in [0, 0.05) is 11.9 Å². The Morgan fingerprint density at radius 1 is 1.22 bits per heavy atom. The molecule has 2 aromatic rings. The first-order valence-corrected chi connectivity index (χ1v) is 7.89. The van der Waals surface area contributed by atoms with Crippen LogP contribution in [0.1, 0.15) is 5.56 Å². The first-order valence-electron chi connectivity index (χ1n) is 6.03. The van der Waals surface area contributed by atoms with E-state index in [9.17, 15) is 21.6 Å². The summed E-state index contributed by atoms with van der Waals surface area (Å²) < 4.78 is 64.4. The van der Waals surface area contributed by atoms with Gasteiger partial charge in [-0.15, -0.1) is 0 Å². The van der Waals surface area contributed by atoms with E-state index in [2.05, 4.69) is 15.3 Å². The molecule has 0 spiro atoms. The van der Waals surface area contributed by atoms with Crippen molar-refractivity contribution >= 4 is 33.1 Å². The van der Waals surface area contributed by atoms with Gasteiger partial charge in [0.05, 0.1) is 10.5 Å². The smallest absolute Gasteiger partial charge is 0.340 e. The number of anilines is 2. The summed E-state index contributed by atoms with van der Waals surface area (Å²) in [7, 11) is -2.95. The Labute approximate surface area is 134 Å². The molecule has 11 heteroatoms. The number of halogens is 4. The van der Waals surface area contributed by atoms with Crippen LogP contribution in [-0.2, 0) is 16.2 Å². The minimum absolute atomic E-state index is 0.106. The predicted octanol–water partition coefficient (Wildman–Crippen LogP) is 2.80. The molecular weight excluding hydrogens is 357 g/mol. The highest BCUT2D eigenvalue weighted by Crippen LogP contribution is 2.33. The van der Waals surface area contributed by atoms with E-state index >= 15 is 0 Å². The molecule has 0 aliphatic heterocycles. The summed E-state index contributed by atoms with van der Waals surface area (Å²) in [5, 5.41) is 2.46. The summed E-state index contributed by atoms with van der Waals surface area (Å²) in [6, 6.07) is 3.74. The van der Waals surface area contributed by atoms with E-state index in [0.717, 1.165) is 19.2 Å². The van der Waals surface area contributed by atoms with Crippen molar-refractivity contribution in [2.45, 2.75) is 11.1 Å². The minimum Gasteiger partial charge on any atom is -0.340 e. The van der Waals surface area contributed by atoms with Crippen LogP contribution in [-0.4, -0.2) is 25.4 Å². The number of alkyl halides is 3. The predicted molar refractivity (Wildman–Crippen MR) is 78.0 cm³/mol. The zero-order valence-electron chi connectivity index (χ0n) is 11.5. The second kappa shape index (κ2) is 6.30. The summed E-state index contributed by atoms with van der Waals surface area (Å²) in [6.07, 6.45) is -3.41. The second-order valence-electron chi connectivity index (χ2n) is 4.29. The second-order valence-corrected chi connectivity index (χ2v) is 6.51. The normalized spacial score (nSPS) is 12.2. The van der Waals surface area contributed by atoms with Crippen LogP contribution >= 0.6 is 11.6 Å². The summed E-state index contributed by atoms with van der Waals surface area (Å²) >= 11 is 5.59. The van der Waals surface area contributed by atoms with Crippen LogP contribution in [0.4, 0.5) is 24.7 Å². The van der Waals surface area contributed by atoms with Gasteiger partial charge in [-0.2, -0.15) is 13.2 Å². The molecule has 6 nitrogen and oxygen atoms in total. The van der Waals surface area contributed by atoms with Gasteiger partial charge in [-0.1, -0.05) is 0 Å². The molecule has 2 rings (SSSR count). The maximum Gasteiger partial charge on any atom is 0.416 e. The van der Waals surface area contributed by atoms with Gasteiger partial charge >= 0.3 is 6.18 Å². The van der Waals surface area contributed by atoms with E-state index in [1.165, 1.54) is 12.3 Å². The standard InChI is InChI=1S/C12H10ClF3N4O2S/c1-17-23(21,22)9-5-7(12(14,15)16)4-8(6-9)19-10-2-3-18-11(13)20-10/h2-6,17H,1H3,(H,18,19,20). The molecule has 0 fully saturated rings. The Morgan fingerprint density at radius 2 is 1.91 bits per heavy atom. The fourth-order valence-corrected chi connectivity index (χ4v) is 2.61. The molecule has 0 atom stereocenters. The van der Waals surface area contributed by atoms with Crippen molar-refractivity contribution in [3.05, 3.63) is 41.3 Å². The SMILES string of the molecule is CNS(=O)(=O)c1cc(Nc2ccnc(Cl)n2)cc(C(F)(F)F)c1. The van der Waals surface area contributed by atoms with Crippen LogP contribution in [0.5, 0.6) is 0 Å². The molecule has 2 N–H and O–H groups in total. The van der Waals surface area contributed by atoms with E-state index in [4.69, 9.17) is 11.6 Å². The molecule has 0 saturated heterocycles. The highest BCUT2D eigenvalue weighted by Gasteiger charge is 2.32.